The number of carbonyl (C=O) groups excluding carboxylic acids is 1. The van der Waals surface area contributed by atoms with Crippen molar-refractivity contribution in [2.24, 2.45) is 0 Å². The fourth-order valence-electron chi connectivity index (χ4n) is 4.73. The molecule has 1 aromatic carbocycles. The molecule has 7 nitrogen and oxygen atoms in total. The van der Waals surface area contributed by atoms with Crippen molar-refractivity contribution in [3.63, 3.8) is 0 Å². The van der Waals surface area contributed by atoms with Crippen molar-refractivity contribution in [1.82, 2.24) is 20.1 Å². The smallest absolute Gasteiger partial charge is 0.240 e. The second-order valence-corrected chi connectivity index (χ2v) is 9.26. The molecule has 0 aliphatic carbocycles. The highest BCUT2D eigenvalue weighted by Gasteiger charge is 2.37. The van der Waals surface area contributed by atoms with Gasteiger partial charge in [-0.25, -0.2) is 4.98 Å². The van der Waals surface area contributed by atoms with Crippen LogP contribution in [0.5, 0.6) is 5.75 Å². The van der Waals surface area contributed by atoms with Crippen LogP contribution in [0.1, 0.15) is 31.1 Å². The quantitative estimate of drug-likeness (QED) is 0.820. The van der Waals surface area contributed by atoms with Crippen LogP contribution in [0.25, 0.3) is 11.1 Å². The molecule has 2 aromatic rings. The van der Waals surface area contributed by atoms with E-state index in [1.807, 2.05) is 34.9 Å². The summed E-state index contributed by atoms with van der Waals surface area (Å²) in [5.41, 5.74) is 1.69. The number of thioether (sulfide) groups is 1. The van der Waals surface area contributed by atoms with E-state index in [9.17, 15) is 4.79 Å². The van der Waals surface area contributed by atoms with E-state index in [1.165, 1.54) is 0 Å². The van der Waals surface area contributed by atoms with E-state index >= 15 is 0 Å². The highest BCUT2D eigenvalue weighted by Crippen LogP contribution is 2.32. The minimum Gasteiger partial charge on any atom is -0.497 e. The van der Waals surface area contributed by atoms with Gasteiger partial charge in [0.25, 0.3) is 0 Å². The number of amides is 1. The minimum atomic E-state index is -0.0107. The number of rotatable bonds is 4. The first-order valence-corrected chi connectivity index (χ1v) is 11.6. The number of nitrogens with one attached hydrogen (secondary N) is 1. The molecule has 29 heavy (non-hydrogen) atoms. The Morgan fingerprint density at radius 2 is 2.17 bits per heavy atom. The number of likely N-dealkylation sites (tertiary alicyclic amines) is 1. The number of fused-ring (bicyclic) bond motifs is 1. The highest BCUT2D eigenvalue weighted by molar-refractivity contribution is 7.99. The van der Waals surface area contributed by atoms with Crippen LogP contribution in [0.15, 0.2) is 22.6 Å². The Bertz CT molecular complexity index is 874. The van der Waals surface area contributed by atoms with E-state index in [0.29, 0.717) is 12.0 Å². The van der Waals surface area contributed by atoms with Gasteiger partial charge in [-0.1, -0.05) is 0 Å². The summed E-state index contributed by atoms with van der Waals surface area (Å²) in [6.45, 7) is 3.86. The Kier molecular flexibility index (Phi) is 5.41. The summed E-state index contributed by atoms with van der Waals surface area (Å²) >= 11 is 1.84. The second kappa shape index (κ2) is 8.16. The van der Waals surface area contributed by atoms with Gasteiger partial charge in [-0.2, -0.15) is 0 Å². The molecule has 8 heteroatoms. The lowest BCUT2D eigenvalue weighted by Crippen LogP contribution is -2.42. The number of ether oxygens (including phenoxy) is 1. The monoisotopic (exact) mass is 416 g/mol. The van der Waals surface area contributed by atoms with Crippen LogP contribution >= 0.6 is 11.8 Å². The van der Waals surface area contributed by atoms with E-state index in [0.717, 1.165) is 79.8 Å². The van der Waals surface area contributed by atoms with Gasteiger partial charge in [-0.15, -0.1) is 11.8 Å². The Labute approximate surface area is 175 Å². The summed E-state index contributed by atoms with van der Waals surface area (Å²) in [6.07, 6.45) is 3.01. The van der Waals surface area contributed by atoms with Gasteiger partial charge in [-0.05, 0) is 44.5 Å². The molecule has 1 N–H and O–H groups in total. The van der Waals surface area contributed by atoms with Gasteiger partial charge in [-0.3, -0.25) is 9.69 Å². The summed E-state index contributed by atoms with van der Waals surface area (Å²) in [5, 5.41) is 3.47. The number of hydrogen-bond acceptors (Lipinski definition) is 7. The molecule has 1 aromatic heterocycles. The summed E-state index contributed by atoms with van der Waals surface area (Å²) in [7, 11) is 1.66. The molecule has 4 heterocycles. The molecule has 5 rings (SSSR count). The average molecular weight is 417 g/mol. The fourth-order valence-corrected chi connectivity index (χ4v) is 5.68. The standard InChI is InChI=1S/C21H28N4O3S/c1-27-16-2-3-17-19(11-16)28-20(23-17)14-4-6-24(7-5-14)15-10-18(22-12-15)21(26)25-8-9-29-13-25/h2-3,11,14-15,18,22H,4-10,12-13H2,1H3/t15-,18-/m0/s1. The van der Waals surface area contributed by atoms with Gasteiger partial charge in [0.1, 0.15) is 11.3 Å². The van der Waals surface area contributed by atoms with Gasteiger partial charge in [0, 0.05) is 36.9 Å². The van der Waals surface area contributed by atoms with E-state index in [4.69, 9.17) is 14.1 Å². The van der Waals surface area contributed by atoms with Crippen molar-refractivity contribution in [3.05, 3.63) is 24.1 Å². The first-order valence-electron chi connectivity index (χ1n) is 10.5. The van der Waals surface area contributed by atoms with Crippen molar-refractivity contribution in [2.45, 2.75) is 37.3 Å². The minimum absolute atomic E-state index is 0.0107. The summed E-state index contributed by atoms with van der Waals surface area (Å²) in [6, 6.07) is 6.22. The second-order valence-electron chi connectivity index (χ2n) is 8.19. The highest BCUT2D eigenvalue weighted by atomic mass is 32.2. The molecule has 3 aliphatic rings. The normalized spacial score (nSPS) is 26.4. The lowest BCUT2D eigenvalue weighted by Gasteiger charge is -2.34. The maximum absolute atomic E-state index is 12.6. The molecule has 0 bridgehead atoms. The molecule has 0 saturated carbocycles. The predicted molar refractivity (Wildman–Crippen MR) is 113 cm³/mol. The number of hydrogen-bond donors (Lipinski definition) is 1. The van der Waals surface area contributed by atoms with Gasteiger partial charge >= 0.3 is 0 Å². The molecule has 3 fully saturated rings. The van der Waals surface area contributed by atoms with Crippen LogP contribution in [0.4, 0.5) is 0 Å². The maximum atomic E-state index is 12.6. The number of oxazole rings is 1. The zero-order valence-corrected chi connectivity index (χ0v) is 17.6. The summed E-state index contributed by atoms with van der Waals surface area (Å²) in [4.78, 5) is 21.9. The molecular weight excluding hydrogens is 388 g/mol. The Morgan fingerprint density at radius 1 is 1.31 bits per heavy atom. The topological polar surface area (TPSA) is 70.8 Å². The number of methoxy groups -OCH3 is 1. The van der Waals surface area contributed by atoms with Gasteiger partial charge in [0.05, 0.1) is 19.0 Å². The zero-order chi connectivity index (χ0) is 19.8. The van der Waals surface area contributed by atoms with Crippen molar-refractivity contribution in [2.75, 3.05) is 44.9 Å². The number of nitrogens with zero attached hydrogens (tertiary/aromatic N) is 3. The van der Waals surface area contributed by atoms with Gasteiger partial charge in [0.15, 0.2) is 11.5 Å². The SMILES string of the molecule is COc1ccc2nc(C3CCN([C@@H]4CN[C@H](C(=O)N5CCSC5)C4)CC3)oc2c1. The van der Waals surface area contributed by atoms with Crippen molar-refractivity contribution in [3.8, 4) is 5.75 Å². The van der Waals surface area contributed by atoms with Crippen LogP contribution in [0.2, 0.25) is 0 Å². The third-order valence-corrected chi connectivity index (χ3v) is 7.44. The Hall–Kier alpha value is -1.77. The number of benzene rings is 1. The van der Waals surface area contributed by atoms with Crippen LogP contribution < -0.4 is 10.1 Å². The largest absolute Gasteiger partial charge is 0.497 e. The molecular formula is C21H28N4O3S. The van der Waals surface area contributed by atoms with E-state index < -0.39 is 0 Å². The van der Waals surface area contributed by atoms with E-state index in [-0.39, 0.29) is 11.9 Å². The van der Waals surface area contributed by atoms with Gasteiger partial charge < -0.3 is 19.4 Å². The first-order chi connectivity index (χ1) is 14.2. The summed E-state index contributed by atoms with van der Waals surface area (Å²) in [5.74, 6) is 4.20. The predicted octanol–water partition coefficient (Wildman–Crippen LogP) is 2.28. The lowest BCUT2D eigenvalue weighted by atomic mass is 9.95. The van der Waals surface area contributed by atoms with Crippen LogP contribution in [-0.4, -0.2) is 77.7 Å². The zero-order valence-electron chi connectivity index (χ0n) is 16.8. The molecule has 2 atom stereocenters. The van der Waals surface area contributed by atoms with Crippen molar-refractivity contribution in [1.29, 1.82) is 0 Å². The average Bonchev–Trinajstić information content (AvgIpc) is 3.53. The molecule has 0 unspecified atom stereocenters. The molecule has 0 spiro atoms. The third-order valence-electron chi connectivity index (χ3n) is 6.48. The first kappa shape index (κ1) is 19.2. The fraction of sp³-hybridized carbons (Fsp3) is 0.619. The Balaban J connectivity index is 1.17. The van der Waals surface area contributed by atoms with Gasteiger partial charge in [0.2, 0.25) is 5.91 Å². The van der Waals surface area contributed by atoms with Crippen LogP contribution in [0.3, 0.4) is 0 Å². The van der Waals surface area contributed by atoms with Crippen LogP contribution in [-0.2, 0) is 4.79 Å². The van der Waals surface area contributed by atoms with Crippen molar-refractivity contribution < 1.29 is 13.9 Å². The maximum Gasteiger partial charge on any atom is 0.240 e. The third kappa shape index (κ3) is 3.85. The summed E-state index contributed by atoms with van der Waals surface area (Å²) < 4.78 is 11.3. The van der Waals surface area contributed by atoms with E-state index in [2.05, 4.69) is 10.2 Å². The molecule has 156 valence electrons. The van der Waals surface area contributed by atoms with Crippen molar-refractivity contribution >= 4 is 28.8 Å². The lowest BCUT2D eigenvalue weighted by molar-refractivity contribution is -0.131. The number of piperidine rings is 1. The molecule has 1 amide bonds. The molecule has 3 aliphatic heterocycles. The number of carbonyl (C=O) groups is 1. The van der Waals surface area contributed by atoms with E-state index in [1.54, 1.807) is 7.11 Å². The molecule has 0 radical (unpaired) electrons. The van der Waals surface area contributed by atoms with Crippen LogP contribution in [0, 0.1) is 0 Å². The number of aromatic nitrogens is 1. The molecule has 3 saturated heterocycles. The Morgan fingerprint density at radius 3 is 2.93 bits per heavy atom.